The molecule has 1 fully saturated rings. The minimum absolute atomic E-state index is 0.0403. The molecule has 0 aliphatic carbocycles. The fourth-order valence-electron chi connectivity index (χ4n) is 1.09. The van der Waals surface area contributed by atoms with Gasteiger partial charge in [0.1, 0.15) is 0 Å². The lowest BCUT2D eigenvalue weighted by Crippen LogP contribution is -2.42. The van der Waals surface area contributed by atoms with E-state index in [-0.39, 0.29) is 6.42 Å². The van der Waals surface area contributed by atoms with E-state index >= 15 is 0 Å². The molecule has 12 heavy (non-hydrogen) atoms. The van der Waals surface area contributed by atoms with Gasteiger partial charge in [-0.1, -0.05) is 0 Å². The van der Waals surface area contributed by atoms with E-state index in [1.807, 2.05) is 0 Å². The molecule has 1 saturated heterocycles. The topological polar surface area (TPSA) is 109 Å². The van der Waals surface area contributed by atoms with Gasteiger partial charge in [0.25, 0.3) is 4.27 Å². The Labute approximate surface area is 69.9 Å². The smallest absolute Gasteiger partial charge is 0.310 e. The van der Waals surface area contributed by atoms with Gasteiger partial charge in [-0.2, -0.15) is 8.42 Å². The summed E-state index contributed by atoms with van der Waals surface area (Å²) < 4.78 is 48.4. The van der Waals surface area contributed by atoms with Gasteiger partial charge in [-0.15, -0.1) is 0 Å². The zero-order chi connectivity index (χ0) is 9.62. The minimum Gasteiger partial charge on any atom is -0.361 e. The van der Waals surface area contributed by atoms with Crippen molar-refractivity contribution in [2.75, 3.05) is 5.75 Å². The average molecular weight is 216 g/mol. The lowest BCUT2D eigenvalue weighted by molar-refractivity contribution is 0.188. The van der Waals surface area contributed by atoms with E-state index in [0.717, 1.165) is 0 Å². The van der Waals surface area contributed by atoms with Crippen LogP contribution in [0.25, 0.3) is 0 Å². The first-order valence-corrected chi connectivity index (χ1v) is 6.22. The van der Waals surface area contributed by atoms with Crippen LogP contribution in [0.5, 0.6) is 0 Å². The highest BCUT2D eigenvalue weighted by molar-refractivity contribution is 8.07. The lowest BCUT2D eigenvalue weighted by Gasteiger charge is -2.16. The maximum Gasteiger partial charge on any atom is 0.310 e. The zero-order valence-electron chi connectivity index (χ0n) is 5.97. The Morgan fingerprint density at radius 1 is 1.33 bits per heavy atom. The Hall–Kier alpha value is -0.180. The molecule has 0 aromatic rings. The van der Waals surface area contributed by atoms with Gasteiger partial charge in [0.15, 0.2) is 9.84 Å². The van der Waals surface area contributed by atoms with Crippen LogP contribution in [0.3, 0.4) is 0 Å². The van der Waals surface area contributed by atoms with Crippen molar-refractivity contribution in [3.8, 4) is 0 Å². The summed E-state index contributed by atoms with van der Waals surface area (Å²) in [6.45, 7) is 0. The summed E-state index contributed by atoms with van der Waals surface area (Å²) >= 11 is 0. The number of hydrogen-bond acceptors (Lipinski definition) is 5. The molecule has 72 valence electrons. The molecule has 0 amide bonds. The first-order chi connectivity index (χ1) is 5.21. The van der Waals surface area contributed by atoms with Crippen LogP contribution in [-0.2, 0) is 20.0 Å². The van der Waals surface area contributed by atoms with Gasteiger partial charge in [-0.05, 0) is 6.42 Å². The van der Waals surface area contributed by atoms with E-state index in [2.05, 4.69) is 0 Å². The Morgan fingerprint density at radius 2 is 1.83 bits per heavy atom. The second-order valence-corrected chi connectivity index (χ2v) is 6.81. The van der Waals surface area contributed by atoms with Gasteiger partial charge in [0.05, 0.1) is 5.75 Å². The number of rotatable bonds is 1. The quantitative estimate of drug-likeness (QED) is 0.529. The van der Waals surface area contributed by atoms with Gasteiger partial charge in [0.2, 0.25) is 0 Å². The molecule has 1 atom stereocenters. The van der Waals surface area contributed by atoms with E-state index < -0.39 is 36.4 Å². The van der Waals surface area contributed by atoms with E-state index in [1.165, 1.54) is 0 Å². The predicted molar refractivity (Wildman–Crippen MR) is 39.5 cm³/mol. The fraction of sp³-hybridized carbons (Fsp3) is 1.00. The summed E-state index contributed by atoms with van der Waals surface area (Å²) in [7, 11) is -9.07. The number of hydrogen-bond donors (Lipinski definition) is 2. The zero-order valence-corrected chi connectivity index (χ0v) is 7.60. The van der Waals surface area contributed by atoms with Crippen LogP contribution >= 0.6 is 0 Å². The van der Waals surface area contributed by atoms with Gasteiger partial charge in [-0.3, -0.25) is 4.55 Å². The molecular formula is C4H8O6S2. The molecule has 0 spiro atoms. The fourth-order valence-corrected chi connectivity index (χ4v) is 4.32. The molecule has 0 aromatic carbocycles. The molecule has 8 heteroatoms. The SMILES string of the molecule is O=S(=O)(O)C1(O)CCCS1(=O)=O. The van der Waals surface area contributed by atoms with E-state index in [4.69, 9.17) is 9.66 Å². The van der Waals surface area contributed by atoms with Crippen molar-refractivity contribution in [1.82, 2.24) is 0 Å². The largest absolute Gasteiger partial charge is 0.361 e. The third kappa shape index (κ3) is 1.15. The number of sulfone groups is 1. The molecule has 2 N–H and O–H groups in total. The van der Waals surface area contributed by atoms with Crippen molar-refractivity contribution < 1.29 is 26.5 Å². The van der Waals surface area contributed by atoms with Crippen LogP contribution in [-0.4, -0.2) is 36.5 Å². The summed E-state index contributed by atoms with van der Waals surface area (Å²) in [4.78, 5) is 0. The first-order valence-electron chi connectivity index (χ1n) is 3.12. The van der Waals surface area contributed by atoms with Crippen molar-refractivity contribution in [1.29, 1.82) is 0 Å². The van der Waals surface area contributed by atoms with Crippen molar-refractivity contribution in [3.63, 3.8) is 0 Å². The van der Waals surface area contributed by atoms with Crippen LogP contribution in [0.15, 0.2) is 0 Å². The maximum absolute atomic E-state index is 10.9. The Kier molecular flexibility index (Phi) is 1.99. The van der Waals surface area contributed by atoms with Crippen molar-refractivity contribution >= 4 is 20.0 Å². The molecule has 6 nitrogen and oxygen atoms in total. The predicted octanol–water partition coefficient (Wildman–Crippen LogP) is -1.27. The second kappa shape index (κ2) is 2.41. The van der Waals surface area contributed by atoms with E-state index in [1.54, 1.807) is 0 Å². The van der Waals surface area contributed by atoms with Crippen molar-refractivity contribution in [2.24, 2.45) is 0 Å². The second-order valence-electron chi connectivity index (χ2n) is 2.61. The molecule has 1 aliphatic heterocycles. The van der Waals surface area contributed by atoms with E-state index in [0.29, 0.717) is 0 Å². The molecule has 1 unspecified atom stereocenters. The van der Waals surface area contributed by atoms with Crippen LogP contribution in [0, 0.1) is 0 Å². The number of aliphatic hydroxyl groups is 1. The average Bonchev–Trinajstić information content (AvgIpc) is 2.07. The van der Waals surface area contributed by atoms with E-state index in [9.17, 15) is 16.8 Å². The normalized spacial score (nSPS) is 35.2. The summed E-state index contributed by atoms with van der Waals surface area (Å²) in [6, 6.07) is 0. The molecule has 1 rings (SSSR count). The standard InChI is InChI=1S/C4H8O6S2/c5-4(12(8,9)10)2-1-3-11(4,6)7/h5H,1-3H2,(H,8,9,10). The van der Waals surface area contributed by atoms with Gasteiger partial charge >= 0.3 is 10.1 Å². The highest BCUT2D eigenvalue weighted by atomic mass is 32.3. The molecule has 0 aromatic heterocycles. The molecule has 1 heterocycles. The van der Waals surface area contributed by atoms with Crippen LogP contribution in [0.1, 0.15) is 12.8 Å². The van der Waals surface area contributed by atoms with Crippen LogP contribution in [0.2, 0.25) is 0 Å². The lowest BCUT2D eigenvalue weighted by atomic mass is 10.4. The van der Waals surface area contributed by atoms with Crippen LogP contribution in [0.4, 0.5) is 0 Å². The van der Waals surface area contributed by atoms with Gasteiger partial charge < -0.3 is 5.11 Å². The first kappa shape index (κ1) is 9.90. The van der Waals surface area contributed by atoms with Gasteiger partial charge in [0, 0.05) is 6.42 Å². The molecular weight excluding hydrogens is 208 g/mol. The highest BCUT2D eigenvalue weighted by Crippen LogP contribution is 2.33. The summed E-state index contributed by atoms with van der Waals surface area (Å²) in [5, 5.41) is 9.13. The molecule has 1 aliphatic rings. The monoisotopic (exact) mass is 216 g/mol. The van der Waals surface area contributed by atoms with Crippen molar-refractivity contribution in [3.05, 3.63) is 0 Å². The summed E-state index contributed by atoms with van der Waals surface area (Å²) in [5.41, 5.74) is 0. The van der Waals surface area contributed by atoms with Gasteiger partial charge in [-0.25, -0.2) is 8.42 Å². The summed E-state index contributed by atoms with van der Waals surface area (Å²) in [5.74, 6) is -0.413. The van der Waals surface area contributed by atoms with Crippen LogP contribution < -0.4 is 0 Å². The molecule has 0 saturated carbocycles. The molecule has 0 radical (unpaired) electrons. The maximum atomic E-state index is 10.9. The minimum atomic E-state index is -4.94. The highest BCUT2D eigenvalue weighted by Gasteiger charge is 2.56. The van der Waals surface area contributed by atoms with Crippen molar-refractivity contribution in [2.45, 2.75) is 17.1 Å². The Balaban J connectivity index is 3.36. The summed E-state index contributed by atoms with van der Waals surface area (Å²) in [6.07, 6.45) is -0.424. The third-order valence-electron chi connectivity index (χ3n) is 1.79. The Bertz CT molecular complexity index is 378. The Morgan fingerprint density at radius 3 is 2.00 bits per heavy atom. The third-order valence-corrected chi connectivity index (χ3v) is 6.20. The molecule has 0 bridgehead atoms.